The van der Waals surface area contributed by atoms with Crippen molar-refractivity contribution >= 4 is 33.2 Å². The number of para-hydroxylation sites is 1. The zero-order chi connectivity index (χ0) is 10.5. The molecule has 0 N–H and O–H groups in total. The minimum Gasteiger partial charge on any atom is -0.470 e. The van der Waals surface area contributed by atoms with Crippen LogP contribution in [0.25, 0.3) is 10.2 Å². The van der Waals surface area contributed by atoms with E-state index in [0.29, 0.717) is 12.5 Å². The van der Waals surface area contributed by atoms with E-state index in [4.69, 9.17) is 16.3 Å². The second-order valence-corrected chi connectivity index (χ2v) is 4.56. The maximum absolute atomic E-state index is 5.58. The Morgan fingerprint density at radius 2 is 2.13 bits per heavy atom. The summed E-state index contributed by atoms with van der Waals surface area (Å²) in [6, 6.07) is 8.05. The van der Waals surface area contributed by atoms with Gasteiger partial charge in [-0.3, -0.25) is 0 Å². The Morgan fingerprint density at radius 1 is 1.27 bits per heavy atom. The van der Waals surface area contributed by atoms with Crippen molar-refractivity contribution in [3.63, 3.8) is 0 Å². The van der Waals surface area contributed by atoms with Crippen LogP contribution >= 0.6 is 22.9 Å². The van der Waals surface area contributed by atoms with E-state index < -0.39 is 0 Å². The number of rotatable bonds is 5. The van der Waals surface area contributed by atoms with Crippen LogP contribution in [0.5, 0.6) is 5.19 Å². The van der Waals surface area contributed by atoms with Crippen molar-refractivity contribution in [2.75, 3.05) is 12.5 Å². The van der Waals surface area contributed by atoms with Gasteiger partial charge in [0, 0.05) is 5.88 Å². The highest BCUT2D eigenvalue weighted by atomic mass is 35.5. The predicted octanol–water partition coefficient (Wildman–Crippen LogP) is 3.69. The van der Waals surface area contributed by atoms with Crippen molar-refractivity contribution in [1.29, 1.82) is 0 Å². The predicted molar refractivity (Wildman–Crippen MR) is 65.1 cm³/mol. The van der Waals surface area contributed by atoms with E-state index in [1.165, 1.54) is 4.70 Å². The number of nitrogens with zero attached hydrogens (tertiary/aromatic N) is 1. The van der Waals surface area contributed by atoms with E-state index >= 15 is 0 Å². The van der Waals surface area contributed by atoms with Crippen LogP contribution in [-0.4, -0.2) is 17.5 Å². The molecule has 80 valence electrons. The number of thiazole rings is 1. The van der Waals surface area contributed by atoms with E-state index in [0.717, 1.165) is 23.6 Å². The Hall–Kier alpha value is -0.800. The van der Waals surface area contributed by atoms with Gasteiger partial charge in [0.05, 0.1) is 16.8 Å². The molecular formula is C11H12ClNOS. The Bertz CT molecular complexity index is 396. The molecule has 0 saturated carbocycles. The van der Waals surface area contributed by atoms with Crippen LogP contribution in [-0.2, 0) is 0 Å². The van der Waals surface area contributed by atoms with Gasteiger partial charge in [-0.2, -0.15) is 0 Å². The van der Waals surface area contributed by atoms with Gasteiger partial charge in [-0.05, 0) is 25.0 Å². The quantitative estimate of drug-likeness (QED) is 0.588. The molecule has 0 amide bonds. The SMILES string of the molecule is ClCCCCOc1nc2ccccc2s1. The molecule has 15 heavy (non-hydrogen) atoms. The molecule has 2 aromatic rings. The maximum atomic E-state index is 5.58. The van der Waals surface area contributed by atoms with E-state index in [2.05, 4.69) is 11.1 Å². The summed E-state index contributed by atoms with van der Waals surface area (Å²) in [7, 11) is 0. The number of fused-ring (bicyclic) bond motifs is 1. The van der Waals surface area contributed by atoms with Crippen molar-refractivity contribution < 1.29 is 4.74 Å². The van der Waals surface area contributed by atoms with Crippen LogP contribution in [0.15, 0.2) is 24.3 Å². The highest BCUT2D eigenvalue weighted by molar-refractivity contribution is 7.20. The Balaban J connectivity index is 1.97. The van der Waals surface area contributed by atoms with Crippen LogP contribution < -0.4 is 4.74 Å². The minimum atomic E-state index is 0.698. The third-order valence-electron chi connectivity index (χ3n) is 2.03. The number of aromatic nitrogens is 1. The van der Waals surface area contributed by atoms with Gasteiger partial charge in [-0.15, -0.1) is 11.6 Å². The second-order valence-electron chi connectivity index (χ2n) is 3.19. The number of halogens is 1. The van der Waals surface area contributed by atoms with Crippen LogP contribution in [0.4, 0.5) is 0 Å². The minimum absolute atomic E-state index is 0.698. The van der Waals surface area contributed by atoms with Crippen LogP contribution in [0.3, 0.4) is 0 Å². The fourth-order valence-corrected chi connectivity index (χ4v) is 2.30. The molecule has 0 unspecified atom stereocenters. The third-order valence-corrected chi connectivity index (χ3v) is 3.24. The second kappa shape index (κ2) is 5.33. The molecule has 1 aromatic carbocycles. The molecule has 0 radical (unpaired) electrons. The molecule has 2 rings (SSSR count). The first-order valence-electron chi connectivity index (χ1n) is 4.94. The van der Waals surface area contributed by atoms with Gasteiger partial charge in [0.2, 0.25) is 0 Å². The van der Waals surface area contributed by atoms with E-state index in [1.54, 1.807) is 11.3 Å². The largest absolute Gasteiger partial charge is 0.470 e. The number of ether oxygens (including phenoxy) is 1. The average Bonchev–Trinajstić information content (AvgIpc) is 2.67. The number of unbranched alkanes of at least 4 members (excludes halogenated alkanes) is 1. The van der Waals surface area contributed by atoms with Crippen LogP contribution in [0.1, 0.15) is 12.8 Å². The molecular weight excluding hydrogens is 230 g/mol. The number of alkyl halides is 1. The fourth-order valence-electron chi connectivity index (χ4n) is 1.27. The number of hydrogen-bond donors (Lipinski definition) is 0. The fraction of sp³-hybridized carbons (Fsp3) is 0.364. The lowest BCUT2D eigenvalue weighted by Gasteiger charge is -1.99. The summed E-state index contributed by atoms with van der Waals surface area (Å²) in [6.45, 7) is 0.701. The average molecular weight is 242 g/mol. The molecule has 0 aliphatic rings. The summed E-state index contributed by atoms with van der Waals surface area (Å²) in [5, 5.41) is 0.755. The molecule has 1 heterocycles. The summed E-state index contributed by atoms with van der Waals surface area (Å²) in [5.41, 5.74) is 1.01. The number of benzene rings is 1. The van der Waals surface area contributed by atoms with E-state index in [9.17, 15) is 0 Å². The summed E-state index contributed by atoms with van der Waals surface area (Å²) >= 11 is 7.17. The van der Waals surface area contributed by atoms with Gasteiger partial charge in [0.15, 0.2) is 0 Å². The molecule has 4 heteroatoms. The lowest BCUT2D eigenvalue weighted by molar-refractivity contribution is 0.309. The van der Waals surface area contributed by atoms with Crippen LogP contribution in [0.2, 0.25) is 0 Å². The van der Waals surface area contributed by atoms with Crippen LogP contribution in [0, 0.1) is 0 Å². The molecule has 0 atom stereocenters. The zero-order valence-corrected chi connectivity index (χ0v) is 9.85. The summed E-state index contributed by atoms with van der Waals surface area (Å²) in [4.78, 5) is 4.37. The smallest absolute Gasteiger partial charge is 0.274 e. The van der Waals surface area contributed by atoms with Gasteiger partial charge in [-0.25, -0.2) is 4.98 Å². The molecule has 1 aromatic heterocycles. The molecule has 0 saturated heterocycles. The maximum Gasteiger partial charge on any atom is 0.274 e. The molecule has 0 fully saturated rings. The molecule has 0 aliphatic heterocycles. The zero-order valence-electron chi connectivity index (χ0n) is 8.28. The first kappa shape index (κ1) is 10.7. The van der Waals surface area contributed by atoms with Crippen molar-refractivity contribution in [3.05, 3.63) is 24.3 Å². The summed E-state index contributed by atoms with van der Waals surface area (Å²) in [6.07, 6.45) is 1.98. The normalized spacial score (nSPS) is 10.7. The lowest BCUT2D eigenvalue weighted by atomic mass is 10.3. The van der Waals surface area contributed by atoms with Crippen molar-refractivity contribution in [1.82, 2.24) is 4.98 Å². The highest BCUT2D eigenvalue weighted by Crippen LogP contribution is 2.27. The number of hydrogen-bond acceptors (Lipinski definition) is 3. The van der Waals surface area contributed by atoms with Gasteiger partial charge in [0.25, 0.3) is 5.19 Å². The summed E-state index contributed by atoms with van der Waals surface area (Å²) in [5.74, 6) is 0.698. The third kappa shape index (κ3) is 2.83. The molecule has 2 nitrogen and oxygen atoms in total. The summed E-state index contributed by atoms with van der Waals surface area (Å²) < 4.78 is 6.71. The van der Waals surface area contributed by atoms with Gasteiger partial charge >= 0.3 is 0 Å². The van der Waals surface area contributed by atoms with Gasteiger partial charge in [-0.1, -0.05) is 23.5 Å². The Labute approximate surface area is 97.8 Å². The molecule has 0 bridgehead atoms. The Morgan fingerprint density at radius 3 is 2.93 bits per heavy atom. The Kier molecular flexibility index (Phi) is 3.80. The first-order valence-corrected chi connectivity index (χ1v) is 6.29. The molecule has 0 spiro atoms. The lowest BCUT2D eigenvalue weighted by Crippen LogP contribution is -1.96. The topological polar surface area (TPSA) is 22.1 Å². The van der Waals surface area contributed by atoms with Gasteiger partial charge < -0.3 is 4.74 Å². The van der Waals surface area contributed by atoms with E-state index in [-0.39, 0.29) is 0 Å². The standard InChI is InChI=1S/C11H12ClNOS/c12-7-3-4-8-14-11-13-9-5-1-2-6-10(9)15-11/h1-2,5-6H,3-4,7-8H2. The van der Waals surface area contributed by atoms with Crippen molar-refractivity contribution in [3.8, 4) is 5.19 Å². The monoisotopic (exact) mass is 241 g/mol. The van der Waals surface area contributed by atoms with Crippen molar-refractivity contribution in [2.45, 2.75) is 12.8 Å². The first-order chi connectivity index (χ1) is 7.40. The van der Waals surface area contributed by atoms with Gasteiger partial charge in [0.1, 0.15) is 0 Å². The van der Waals surface area contributed by atoms with Crippen molar-refractivity contribution in [2.24, 2.45) is 0 Å². The highest BCUT2D eigenvalue weighted by Gasteiger charge is 2.02. The van der Waals surface area contributed by atoms with E-state index in [1.807, 2.05) is 18.2 Å². The molecule has 0 aliphatic carbocycles.